The number of carbonyl (C=O) groups is 1. The third kappa shape index (κ3) is 2.32. The van der Waals surface area contributed by atoms with Gasteiger partial charge >= 0.3 is 12.3 Å². The van der Waals surface area contributed by atoms with Crippen LogP contribution in [0.5, 0.6) is 5.75 Å². The molecule has 1 heterocycles. The summed E-state index contributed by atoms with van der Waals surface area (Å²) in [6.45, 7) is 0. The van der Waals surface area contributed by atoms with Crippen molar-refractivity contribution in [1.29, 1.82) is 0 Å². The summed E-state index contributed by atoms with van der Waals surface area (Å²) in [5.74, 6) is -1.71. The van der Waals surface area contributed by atoms with Crippen molar-refractivity contribution in [3.8, 4) is 5.75 Å². The first-order chi connectivity index (χ1) is 7.87. The molecule has 1 aromatic carbocycles. The highest BCUT2D eigenvalue weighted by molar-refractivity contribution is 5.95. The van der Waals surface area contributed by atoms with E-state index in [4.69, 9.17) is 5.11 Å². The van der Waals surface area contributed by atoms with Crippen molar-refractivity contribution < 1.29 is 27.8 Å². The van der Waals surface area contributed by atoms with Gasteiger partial charge in [-0.2, -0.15) is 0 Å². The van der Waals surface area contributed by atoms with Gasteiger partial charge in [0.25, 0.3) is 0 Å². The zero-order valence-electron chi connectivity index (χ0n) is 8.21. The lowest BCUT2D eigenvalue weighted by molar-refractivity contribution is -0.274. The Hall–Kier alpha value is -2.18. The number of aromatic carboxylic acids is 1. The predicted octanol–water partition coefficient (Wildman–Crippen LogP) is 2.76. The Labute approximate surface area is 92.6 Å². The molecule has 2 rings (SSSR count). The van der Waals surface area contributed by atoms with Gasteiger partial charge in [-0.05, 0) is 12.1 Å². The van der Waals surface area contributed by atoms with Gasteiger partial charge in [0, 0.05) is 5.39 Å². The molecule has 0 spiro atoms. The van der Waals surface area contributed by atoms with Crippen LogP contribution in [0.3, 0.4) is 0 Å². The van der Waals surface area contributed by atoms with Crippen molar-refractivity contribution in [2.75, 3.05) is 0 Å². The van der Waals surface area contributed by atoms with Crippen LogP contribution in [-0.2, 0) is 0 Å². The molecule has 0 aliphatic heterocycles. The number of halogens is 3. The summed E-state index contributed by atoms with van der Waals surface area (Å²) in [5, 5.41) is 9.05. The van der Waals surface area contributed by atoms with E-state index in [1.165, 1.54) is 18.2 Å². The molecule has 4 nitrogen and oxygen atoms in total. The van der Waals surface area contributed by atoms with E-state index in [2.05, 4.69) is 9.72 Å². The molecule has 0 atom stereocenters. The topological polar surface area (TPSA) is 62.3 Å². The molecule has 0 aliphatic carbocycles. The maximum absolute atomic E-state index is 12.1. The number of H-pyrrole nitrogens is 1. The minimum Gasteiger partial charge on any atom is -0.477 e. The number of aromatic amines is 1. The standard InChI is InChI=1S/C10H6F3NO3/c11-10(12,13)17-7-3-1-2-5-4-6(9(15)16)14-8(5)7/h1-4,14H,(H,15,16). The lowest BCUT2D eigenvalue weighted by Crippen LogP contribution is -2.17. The molecule has 0 unspecified atom stereocenters. The average Bonchev–Trinajstić information content (AvgIpc) is 2.60. The van der Waals surface area contributed by atoms with E-state index in [-0.39, 0.29) is 11.2 Å². The Morgan fingerprint density at radius 1 is 1.35 bits per heavy atom. The number of carboxylic acids is 1. The normalized spacial score (nSPS) is 11.7. The number of hydrogen-bond acceptors (Lipinski definition) is 2. The lowest BCUT2D eigenvalue weighted by Gasteiger charge is -2.09. The van der Waals surface area contributed by atoms with Gasteiger partial charge in [-0.15, -0.1) is 13.2 Å². The molecule has 0 fully saturated rings. The van der Waals surface area contributed by atoms with E-state index in [1.807, 2.05) is 0 Å². The van der Waals surface area contributed by atoms with Crippen LogP contribution in [0.1, 0.15) is 10.5 Å². The number of para-hydroxylation sites is 1. The molecule has 0 saturated heterocycles. The van der Waals surface area contributed by atoms with Crippen molar-refractivity contribution in [1.82, 2.24) is 4.98 Å². The van der Waals surface area contributed by atoms with Crippen molar-refractivity contribution in [2.45, 2.75) is 6.36 Å². The van der Waals surface area contributed by atoms with Crippen LogP contribution in [0.25, 0.3) is 10.9 Å². The van der Waals surface area contributed by atoms with E-state index in [0.717, 1.165) is 6.07 Å². The Kier molecular flexibility index (Phi) is 2.45. The SMILES string of the molecule is O=C(O)c1cc2cccc(OC(F)(F)F)c2[nH]1. The highest BCUT2D eigenvalue weighted by Gasteiger charge is 2.32. The van der Waals surface area contributed by atoms with Gasteiger partial charge in [-0.1, -0.05) is 12.1 Å². The van der Waals surface area contributed by atoms with Gasteiger partial charge in [0.05, 0.1) is 5.52 Å². The van der Waals surface area contributed by atoms with E-state index in [1.54, 1.807) is 0 Å². The fourth-order valence-corrected chi connectivity index (χ4v) is 1.45. The first-order valence-electron chi connectivity index (χ1n) is 4.47. The summed E-state index contributed by atoms with van der Waals surface area (Å²) >= 11 is 0. The zero-order valence-corrected chi connectivity index (χ0v) is 8.21. The average molecular weight is 245 g/mol. The smallest absolute Gasteiger partial charge is 0.477 e. The lowest BCUT2D eigenvalue weighted by atomic mass is 10.2. The van der Waals surface area contributed by atoms with Crippen LogP contribution in [-0.4, -0.2) is 22.4 Å². The van der Waals surface area contributed by atoms with Crippen molar-refractivity contribution >= 4 is 16.9 Å². The number of benzene rings is 1. The maximum atomic E-state index is 12.1. The van der Waals surface area contributed by atoms with Gasteiger partial charge in [0.1, 0.15) is 5.69 Å². The zero-order chi connectivity index (χ0) is 12.6. The van der Waals surface area contributed by atoms with E-state index < -0.39 is 18.1 Å². The second kappa shape index (κ2) is 3.69. The summed E-state index contributed by atoms with van der Waals surface area (Å²) in [5.41, 5.74) is -0.194. The molecular weight excluding hydrogens is 239 g/mol. The molecule has 0 bridgehead atoms. The number of rotatable bonds is 2. The largest absolute Gasteiger partial charge is 0.573 e. The first kappa shape index (κ1) is 11.3. The number of aromatic nitrogens is 1. The summed E-state index contributed by atoms with van der Waals surface area (Å²) < 4.78 is 40.0. The number of hydrogen-bond donors (Lipinski definition) is 2. The first-order valence-corrected chi connectivity index (χ1v) is 4.47. The highest BCUT2D eigenvalue weighted by atomic mass is 19.4. The minimum absolute atomic E-state index is 0.00206. The van der Waals surface area contributed by atoms with Crippen molar-refractivity contribution in [3.05, 3.63) is 30.0 Å². The van der Waals surface area contributed by atoms with E-state index in [9.17, 15) is 18.0 Å². The molecule has 0 aliphatic rings. The van der Waals surface area contributed by atoms with Crippen LogP contribution >= 0.6 is 0 Å². The fourth-order valence-electron chi connectivity index (χ4n) is 1.45. The number of ether oxygens (including phenoxy) is 1. The summed E-state index contributed by atoms with van der Waals surface area (Å²) in [6, 6.07) is 5.18. The summed E-state index contributed by atoms with van der Waals surface area (Å²) in [4.78, 5) is 13.0. The Morgan fingerprint density at radius 2 is 2.06 bits per heavy atom. The molecule has 0 radical (unpaired) electrons. The van der Waals surface area contributed by atoms with Gasteiger partial charge < -0.3 is 14.8 Å². The highest BCUT2D eigenvalue weighted by Crippen LogP contribution is 2.30. The van der Waals surface area contributed by atoms with Crippen LogP contribution in [0.4, 0.5) is 13.2 Å². The molecule has 17 heavy (non-hydrogen) atoms. The van der Waals surface area contributed by atoms with Crippen molar-refractivity contribution in [2.24, 2.45) is 0 Å². The van der Waals surface area contributed by atoms with Gasteiger partial charge in [0.15, 0.2) is 5.75 Å². The summed E-state index contributed by atoms with van der Waals surface area (Å²) in [7, 11) is 0. The molecule has 1 aromatic heterocycles. The quantitative estimate of drug-likeness (QED) is 0.855. The molecule has 2 N–H and O–H groups in total. The predicted molar refractivity (Wildman–Crippen MR) is 51.9 cm³/mol. The minimum atomic E-state index is -4.82. The number of alkyl halides is 3. The van der Waals surface area contributed by atoms with Crippen LogP contribution in [0.2, 0.25) is 0 Å². The maximum Gasteiger partial charge on any atom is 0.573 e. The number of fused-ring (bicyclic) bond motifs is 1. The van der Waals surface area contributed by atoms with Crippen molar-refractivity contribution in [3.63, 3.8) is 0 Å². The Morgan fingerprint density at radius 3 is 2.65 bits per heavy atom. The van der Waals surface area contributed by atoms with E-state index >= 15 is 0 Å². The summed E-state index contributed by atoms with van der Waals surface area (Å²) in [6.07, 6.45) is -4.82. The molecule has 2 aromatic rings. The molecule has 0 amide bonds. The number of carboxylic acid groups (broad SMARTS) is 1. The molecule has 7 heteroatoms. The molecular formula is C10H6F3NO3. The number of nitrogens with one attached hydrogen (secondary N) is 1. The molecule has 0 saturated carbocycles. The second-order valence-electron chi connectivity index (χ2n) is 3.26. The van der Waals surface area contributed by atoms with Gasteiger partial charge in [-0.3, -0.25) is 0 Å². The monoisotopic (exact) mass is 245 g/mol. The second-order valence-corrected chi connectivity index (χ2v) is 3.26. The van der Waals surface area contributed by atoms with E-state index in [0.29, 0.717) is 5.39 Å². The fraction of sp³-hybridized carbons (Fsp3) is 0.100. The van der Waals surface area contributed by atoms with Gasteiger partial charge in [0.2, 0.25) is 0 Å². The van der Waals surface area contributed by atoms with Gasteiger partial charge in [-0.25, -0.2) is 4.79 Å². The van der Waals surface area contributed by atoms with Crippen LogP contribution in [0, 0.1) is 0 Å². The Bertz CT molecular complexity index is 574. The van der Waals surface area contributed by atoms with Crippen LogP contribution in [0.15, 0.2) is 24.3 Å². The third-order valence-corrected chi connectivity index (χ3v) is 2.07. The third-order valence-electron chi connectivity index (χ3n) is 2.07. The van der Waals surface area contributed by atoms with Crippen LogP contribution < -0.4 is 4.74 Å². The Balaban J connectivity index is 2.53. The molecule has 90 valence electrons.